The fraction of sp³-hybridized carbons (Fsp3) is 0.312. The molecule has 1 atom stereocenters. The van der Waals surface area contributed by atoms with Crippen LogP contribution < -0.4 is 5.56 Å². The molecule has 37 heavy (non-hydrogen) atoms. The highest BCUT2D eigenvalue weighted by Gasteiger charge is 2.39. The number of rotatable bonds is 6. The molecule has 5 rings (SSSR count). The first-order valence-corrected chi connectivity index (χ1v) is 13.3. The average molecular weight is 512 g/mol. The Balaban J connectivity index is 1.73. The molecule has 0 amide bonds. The van der Waals surface area contributed by atoms with Gasteiger partial charge in [-0.15, -0.1) is 0 Å². The number of pyridine rings is 1. The van der Waals surface area contributed by atoms with Crippen LogP contribution in [0.2, 0.25) is 5.02 Å². The van der Waals surface area contributed by atoms with Crippen LogP contribution >= 0.6 is 11.6 Å². The summed E-state index contributed by atoms with van der Waals surface area (Å²) >= 11 is 6.38. The Hall–Kier alpha value is -3.37. The van der Waals surface area contributed by atoms with Gasteiger partial charge in [0.15, 0.2) is 0 Å². The van der Waals surface area contributed by atoms with Crippen LogP contribution in [0.15, 0.2) is 88.6 Å². The van der Waals surface area contributed by atoms with Crippen LogP contribution in [0.4, 0.5) is 0 Å². The van der Waals surface area contributed by atoms with E-state index in [1.54, 1.807) is 6.07 Å². The molecule has 190 valence electrons. The number of hydrogen-bond acceptors (Lipinski definition) is 3. The molecule has 0 N–H and O–H groups in total. The SMILES string of the molecule is Cc1cccc(C2=NC(C)(C)CN2C(c2cc3cc(Cl)ccc3c(=O)n2Cc2ccccc2)C(C)C)c1. The number of fused-ring (bicyclic) bond motifs is 1. The van der Waals surface area contributed by atoms with Gasteiger partial charge in [0.1, 0.15) is 5.84 Å². The number of aryl methyl sites for hydroxylation is 1. The van der Waals surface area contributed by atoms with E-state index in [4.69, 9.17) is 16.6 Å². The monoisotopic (exact) mass is 511 g/mol. The molecule has 1 aliphatic heterocycles. The van der Waals surface area contributed by atoms with Crippen LogP contribution in [-0.2, 0) is 6.54 Å². The summed E-state index contributed by atoms with van der Waals surface area (Å²) in [7, 11) is 0. The van der Waals surface area contributed by atoms with Crippen LogP contribution in [0.25, 0.3) is 10.8 Å². The molecule has 0 radical (unpaired) electrons. The van der Waals surface area contributed by atoms with Crippen LogP contribution in [0.3, 0.4) is 0 Å². The lowest BCUT2D eigenvalue weighted by Crippen LogP contribution is -2.41. The van der Waals surface area contributed by atoms with Gasteiger partial charge in [-0.25, -0.2) is 0 Å². The molecule has 0 saturated carbocycles. The molecular weight excluding hydrogens is 478 g/mol. The maximum Gasteiger partial charge on any atom is 0.259 e. The van der Waals surface area contributed by atoms with E-state index in [-0.39, 0.29) is 23.1 Å². The van der Waals surface area contributed by atoms with Gasteiger partial charge in [-0.2, -0.15) is 0 Å². The van der Waals surface area contributed by atoms with Crippen LogP contribution in [0.1, 0.15) is 56.1 Å². The summed E-state index contributed by atoms with van der Waals surface area (Å²) < 4.78 is 1.95. The second-order valence-corrected chi connectivity index (χ2v) is 11.5. The summed E-state index contributed by atoms with van der Waals surface area (Å²) in [5, 5.41) is 2.18. The summed E-state index contributed by atoms with van der Waals surface area (Å²) in [5.74, 6) is 1.21. The zero-order valence-corrected chi connectivity index (χ0v) is 23.0. The fourth-order valence-electron chi connectivity index (χ4n) is 5.51. The van der Waals surface area contributed by atoms with Crippen molar-refractivity contribution >= 4 is 28.2 Å². The van der Waals surface area contributed by atoms with Crippen molar-refractivity contribution in [2.75, 3.05) is 6.54 Å². The highest BCUT2D eigenvalue weighted by molar-refractivity contribution is 6.31. The predicted octanol–water partition coefficient (Wildman–Crippen LogP) is 7.25. The highest BCUT2D eigenvalue weighted by atomic mass is 35.5. The third-order valence-electron chi connectivity index (χ3n) is 7.07. The van der Waals surface area contributed by atoms with Crippen LogP contribution in [-0.4, -0.2) is 27.4 Å². The standard InChI is InChI=1S/C32H34ClN3O/c1-21(2)29(36-20-32(4,5)34-30(36)24-13-9-10-22(3)16-24)28-18-25-17-26(33)14-15-27(25)31(37)35(28)19-23-11-7-6-8-12-23/h6-18,21,29H,19-20H2,1-5H3. The zero-order chi connectivity index (χ0) is 26.3. The van der Waals surface area contributed by atoms with Crippen molar-refractivity contribution in [2.45, 2.75) is 52.7 Å². The minimum Gasteiger partial charge on any atom is -0.345 e. The Bertz CT molecular complexity index is 1540. The van der Waals surface area contributed by atoms with Crippen LogP contribution in [0, 0.1) is 12.8 Å². The molecule has 3 aromatic carbocycles. The minimum atomic E-state index is -0.239. The molecule has 0 saturated heterocycles. The van der Waals surface area contributed by atoms with Gasteiger partial charge in [-0.3, -0.25) is 9.79 Å². The predicted molar refractivity (Wildman–Crippen MR) is 155 cm³/mol. The maximum atomic E-state index is 14.0. The first-order chi connectivity index (χ1) is 17.6. The van der Waals surface area contributed by atoms with E-state index >= 15 is 0 Å². The van der Waals surface area contributed by atoms with Crippen molar-refractivity contribution in [1.29, 1.82) is 0 Å². The zero-order valence-electron chi connectivity index (χ0n) is 22.2. The average Bonchev–Trinajstić information content (AvgIpc) is 3.16. The Morgan fingerprint density at radius 1 is 0.973 bits per heavy atom. The summed E-state index contributed by atoms with van der Waals surface area (Å²) in [5.41, 5.74) is 4.15. The smallest absolute Gasteiger partial charge is 0.259 e. The molecule has 1 unspecified atom stereocenters. The fourth-order valence-corrected chi connectivity index (χ4v) is 5.69. The van der Waals surface area contributed by atoms with Gasteiger partial charge in [0.05, 0.1) is 18.1 Å². The van der Waals surface area contributed by atoms with E-state index in [1.165, 1.54) is 5.56 Å². The molecule has 5 heteroatoms. The molecule has 2 heterocycles. The quantitative estimate of drug-likeness (QED) is 0.273. The van der Waals surface area contributed by atoms with Crippen molar-refractivity contribution in [3.8, 4) is 0 Å². The third kappa shape index (κ3) is 5.08. The van der Waals surface area contributed by atoms with E-state index in [9.17, 15) is 4.79 Å². The lowest BCUT2D eigenvalue weighted by Gasteiger charge is -2.36. The molecule has 1 aliphatic rings. The summed E-state index contributed by atoms with van der Waals surface area (Å²) in [6, 6.07) is 26.4. The van der Waals surface area contributed by atoms with Crippen molar-refractivity contribution < 1.29 is 0 Å². The number of amidine groups is 1. The Kier molecular flexibility index (Phi) is 6.72. The van der Waals surface area contributed by atoms with E-state index in [2.05, 4.69) is 82.0 Å². The molecule has 0 fully saturated rings. The molecule has 1 aromatic heterocycles. The highest BCUT2D eigenvalue weighted by Crippen LogP contribution is 2.37. The molecular formula is C32H34ClN3O. The summed E-state index contributed by atoms with van der Waals surface area (Å²) in [6.45, 7) is 12.2. The summed E-state index contributed by atoms with van der Waals surface area (Å²) in [4.78, 5) is 21.6. The molecule has 0 aliphatic carbocycles. The van der Waals surface area contributed by atoms with Crippen molar-refractivity contribution in [2.24, 2.45) is 10.9 Å². The second kappa shape index (κ2) is 9.83. The van der Waals surface area contributed by atoms with E-state index in [0.29, 0.717) is 17.0 Å². The van der Waals surface area contributed by atoms with Crippen molar-refractivity contribution in [3.05, 3.63) is 117 Å². The Labute approximate surface area is 224 Å². The minimum absolute atomic E-state index is 0.00571. The number of benzene rings is 3. The lowest BCUT2D eigenvalue weighted by molar-refractivity contribution is 0.231. The van der Waals surface area contributed by atoms with E-state index in [1.807, 2.05) is 34.9 Å². The number of aliphatic imine (C=N–C) groups is 1. The van der Waals surface area contributed by atoms with Gasteiger partial charge < -0.3 is 9.47 Å². The number of halogens is 1. The largest absolute Gasteiger partial charge is 0.345 e. The van der Waals surface area contributed by atoms with E-state index in [0.717, 1.165) is 34.6 Å². The van der Waals surface area contributed by atoms with Crippen LogP contribution in [0.5, 0.6) is 0 Å². The topological polar surface area (TPSA) is 37.6 Å². The molecule has 0 bridgehead atoms. The lowest BCUT2D eigenvalue weighted by atomic mass is 9.94. The molecule has 4 nitrogen and oxygen atoms in total. The Morgan fingerprint density at radius 2 is 1.73 bits per heavy atom. The van der Waals surface area contributed by atoms with Gasteiger partial charge in [0, 0.05) is 28.2 Å². The Morgan fingerprint density at radius 3 is 2.43 bits per heavy atom. The first-order valence-electron chi connectivity index (χ1n) is 12.9. The second-order valence-electron chi connectivity index (χ2n) is 11.1. The van der Waals surface area contributed by atoms with Crippen molar-refractivity contribution in [3.63, 3.8) is 0 Å². The first kappa shape index (κ1) is 25.3. The van der Waals surface area contributed by atoms with Gasteiger partial charge in [0.2, 0.25) is 0 Å². The summed E-state index contributed by atoms with van der Waals surface area (Å²) in [6.07, 6.45) is 0. The van der Waals surface area contributed by atoms with Gasteiger partial charge in [-0.05, 0) is 68.0 Å². The number of nitrogens with zero attached hydrogens (tertiary/aromatic N) is 3. The van der Waals surface area contributed by atoms with Gasteiger partial charge in [-0.1, -0.05) is 79.5 Å². The number of aromatic nitrogens is 1. The maximum absolute atomic E-state index is 14.0. The van der Waals surface area contributed by atoms with Crippen molar-refractivity contribution in [1.82, 2.24) is 9.47 Å². The third-order valence-corrected chi connectivity index (χ3v) is 7.31. The van der Waals surface area contributed by atoms with Gasteiger partial charge in [0.25, 0.3) is 5.56 Å². The normalized spacial score (nSPS) is 15.9. The van der Waals surface area contributed by atoms with Gasteiger partial charge >= 0.3 is 0 Å². The molecule has 0 spiro atoms. The number of hydrogen-bond donors (Lipinski definition) is 0. The van der Waals surface area contributed by atoms with E-state index < -0.39 is 0 Å². The molecule has 4 aromatic rings.